The molecule has 2 aliphatic rings. The summed E-state index contributed by atoms with van der Waals surface area (Å²) in [5.74, 6) is -0.528. The van der Waals surface area contributed by atoms with E-state index in [0.29, 0.717) is 37.4 Å². The SMILES string of the molecule is N#Cc1cc2c(nc1NC1(C(=O)O)CCOCC1)CCC2. The Morgan fingerprint density at radius 1 is 1.43 bits per heavy atom. The molecule has 0 atom stereocenters. The van der Waals surface area contributed by atoms with E-state index in [9.17, 15) is 15.2 Å². The van der Waals surface area contributed by atoms with E-state index < -0.39 is 11.5 Å². The van der Waals surface area contributed by atoms with E-state index in [0.717, 1.165) is 30.5 Å². The summed E-state index contributed by atoms with van der Waals surface area (Å²) in [6, 6.07) is 3.96. The topological polar surface area (TPSA) is 95.2 Å². The Morgan fingerprint density at radius 3 is 2.86 bits per heavy atom. The molecule has 0 amide bonds. The number of nitriles is 1. The summed E-state index contributed by atoms with van der Waals surface area (Å²) in [5, 5.41) is 21.9. The molecule has 0 spiro atoms. The van der Waals surface area contributed by atoms with Gasteiger partial charge in [0.25, 0.3) is 0 Å². The molecule has 1 aliphatic carbocycles. The van der Waals surface area contributed by atoms with Crippen LogP contribution in [0.15, 0.2) is 6.07 Å². The third-order valence-electron chi connectivity index (χ3n) is 4.28. The van der Waals surface area contributed by atoms with E-state index in [2.05, 4.69) is 16.4 Å². The van der Waals surface area contributed by atoms with Crippen molar-refractivity contribution >= 4 is 11.8 Å². The number of aryl methyl sites for hydroxylation is 2. The lowest BCUT2D eigenvalue weighted by atomic mass is 9.90. The normalized spacial score (nSPS) is 19.6. The minimum atomic E-state index is -1.09. The number of hydrogen-bond donors (Lipinski definition) is 2. The molecule has 1 aromatic rings. The molecule has 1 fully saturated rings. The zero-order valence-electron chi connectivity index (χ0n) is 11.7. The van der Waals surface area contributed by atoms with Crippen LogP contribution in [0, 0.1) is 11.3 Å². The number of carboxylic acids is 1. The van der Waals surface area contributed by atoms with Gasteiger partial charge in [-0.1, -0.05) is 0 Å². The molecule has 3 rings (SSSR count). The lowest BCUT2D eigenvalue weighted by Gasteiger charge is -2.34. The number of hydrogen-bond acceptors (Lipinski definition) is 5. The fraction of sp³-hybridized carbons (Fsp3) is 0.533. The van der Waals surface area contributed by atoms with Gasteiger partial charge in [0.05, 0.1) is 5.56 Å². The van der Waals surface area contributed by atoms with Gasteiger partial charge in [-0.2, -0.15) is 5.26 Å². The van der Waals surface area contributed by atoms with Crippen LogP contribution < -0.4 is 5.32 Å². The van der Waals surface area contributed by atoms with Crippen molar-refractivity contribution in [3.05, 3.63) is 22.9 Å². The van der Waals surface area contributed by atoms with Crippen molar-refractivity contribution in [3.63, 3.8) is 0 Å². The molecule has 0 aromatic carbocycles. The Morgan fingerprint density at radius 2 is 2.19 bits per heavy atom. The van der Waals surface area contributed by atoms with Gasteiger partial charge < -0.3 is 15.2 Å². The predicted octanol–water partition coefficient (Wildman–Crippen LogP) is 1.49. The summed E-state index contributed by atoms with van der Waals surface area (Å²) < 4.78 is 5.25. The van der Waals surface area contributed by atoms with Gasteiger partial charge in [0.1, 0.15) is 17.4 Å². The minimum absolute atomic E-state index is 0.367. The summed E-state index contributed by atoms with van der Waals surface area (Å²) in [7, 11) is 0. The number of nitrogens with zero attached hydrogens (tertiary/aromatic N) is 2. The third-order valence-corrected chi connectivity index (χ3v) is 4.28. The number of aromatic nitrogens is 1. The maximum Gasteiger partial charge on any atom is 0.329 e. The summed E-state index contributed by atoms with van der Waals surface area (Å²) in [4.78, 5) is 16.2. The van der Waals surface area contributed by atoms with Crippen LogP contribution in [0.2, 0.25) is 0 Å². The molecular formula is C15H17N3O3. The van der Waals surface area contributed by atoms with Crippen LogP contribution in [-0.4, -0.2) is 34.8 Å². The molecule has 6 heteroatoms. The first-order valence-corrected chi connectivity index (χ1v) is 7.17. The molecule has 1 saturated heterocycles. The highest BCUT2D eigenvalue weighted by atomic mass is 16.5. The third kappa shape index (κ3) is 2.45. The summed E-state index contributed by atoms with van der Waals surface area (Å²) in [6.45, 7) is 0.790. The minimum Gasteiger partial charge on any atom is -0.480 e. The highest BCUT2D eigenvalue weighted by Crippen LogP contribution is 2.30. The second kappa shape index (κ2) is 5.34. The molecule has 6 nitrogen and oxygen atoms in total. The van der Waals surface area contributed by atoms with E-state index >= 15 is 0 Å². The molecule has 110 valence electrons. The number of rotatable bonds is 3. The van der Waals surface area contributed by atoms with E-state index in [1.165, 1.54) is 0 Å². The van der Waals surface area contributed by atoms with Crippen molar-refractivity contribution in [2.75, 3.05) is 18.5 Å². The first kappa shape index (κ1) is 13.8. The number of pyridine rings is 1. The van der Waals surface area contributed by atoms with Crippen LogP contribution in [0.4, 0.5) is 5.82 Å². The van der Waals surface area contributed by atoms with E-state index in [1.54, 1.807) is 0 Å². The summed E-state index contributed by atoms with van der Waals surface area (Å²) >= 11 is 0. The lowest BCUT2D eigenvalue weighted by molar-refractivity contribution is -0.145. The molecule has 0 bridgehead atoms. The van der Waals surface area contributed by atoms with Crippen LogP contribution in [0.1, 0.15) is 36.1 Å². The smallest absolute Gasteiger partial charge is 0.329 e. The summed E-state index contributed by atoms with van der Waals surface area (Å²) in [6.07, 6.45) is 3.60. The number of carbonyl (C=O) groups is 1. The molecule has 0 radical (unpaired) electrons. The second-order valence-corrected chi connectivity index (χ2v) is 5.58. The van der Waals surface area contributed by atoms with E-state index in [-0.39, 0.29) is 0 Å². The fourth-order valence-corrected chi connectivity index (χ4v) is 2.99. The van der Waals surface area contributed by atoms with Gasteiger partial charge in [-0.3, -0.25) is 0 Å². The molecule has 21 heavy (non-hydrogen) atoms. The molecule has 2 heterocycles. The van der Waals surface area contributed by atoms with Crippen LogP contribution in [0.25, 0.3) is 0 Å². The standard InChI is InChI=1S/C15H17N3O3/c16-9-11-8-10-2-1-3-12(10)17-13(11)18-15(14(19)20)4-6-21-7-5-15/h8H,1-7H2,(H,17,18)(H,19,20). The summed E-state index contributed by atoms with van der Waals surface area (Å²) in [5.41, 5.74) is 1.41. The van der Waals surface area contributed by atoms with Gasteiger partial charge in [0, 0.05) is 31.7 Å². The largest absolute Gasteiger partial charge is 0.480 e. The first-order chi connectivity index (χ1) is 10.1. The number of anilines is 1. The first-order valence-electron chi connectivity index (χ1n) is 7.17. The molecule has 1 aromatic heterocycles. The molecule has 0 unspecified atom stereocenters. The number of nitrogens with one attached hydrogen (secondary N) is 1. The second-order valence-electron chi connectivity index (χ2n) is 5.58. The van der Waals surface area contributed by atoms with Crippen LogP contribution in [-0.2, 0) is 22.4 Å². The van der Waals surface area contributed by atoms with Gasteiger partial charge in [-0.15, -0.1) is 0 Å². The van der Waals surface area contributed by atoms with Crippen molar-refractivity contribution in [2.45, 2.75) is 37.6 Å². The highest BCUT2D eigenvalue weighted by molar-refractivity contribution is 5.83. The fourth-order valence-electron chi connectivity index (χ4n) is 2.99. The zero-order valence-corrected chi connectivity index (χ0v) is 11.7. The van der Waals surface area contributed by atoms with Crippen molar-refractivity contribution < 1.29 is 14.6 Å². The van der Waals surface area contributed by atoms with Crippen molar-refractivity contribution in [2.24, 2.45) is 0 Å². The van der Waals surface area contributed by atoms with Crippen LogP contribution >= 0.6 is 0 Å². The molecular weight excluding hydrogens is 270 g/mol. The Kier molecular flexibility index (Phi) is 3.52. The van der Waals surface area contributed by atoms with Crippen molar-refractivity contribution in [1.82, 2.24) is 4.98 Å². The molecule has 0 saturated carbocycles. The van der Waals surface area contributed by atoms with E-state index in [1.807, 2.05) is 6.07 Å². The number of aliphatic carboxylic acids is 1. The monoisotopic (exact) mass is 287 g/mol. The predicted molar refractivity (Wildman–Crippen MR) is 75.0 cm³/mol. The van der Waals surface area contributed by atoms with Gasteiger partial charge in [-0.25, -0.2) is 9.78 Å². The maximum absolute atomic E-state index is 11.7. The Hall–Kier alpha value is -2.13. The number of fused-ring (bicyclic) bond motifs is 1. The molecule has 1 aliphatic heterocycles. The van der Waals surface area contributed by atoms with Gasteiger partial charge in [0.15, 0.2) is 0 Å². The van der Waals surface area contributed by atoms with Gasteiger partial charge >= 0.3 is 5.97 Å². The van der Waals surface area contributed by atoms with Crippen molar-refractivity contribution in [3.8, 4) is 6.07 Å². The quantitative estimate of drug-likeness (QED) is 0.874. The zero-order chi connectivity index (χ0) is 14.9. The number of ether oxygens (including phenoxy) is 1. The lowest BCUT2D eigenvalue weighted by Crippen LogP contribution is -2.50. The van der Waals surface area contributed by atoms with Crippen LogP contribution in [0.5, 0.6) is 0 Å². The average molecular weight is 287 g/mol. The highest BCUT2D eigenvalue weighted by Gasteiger charge is 2.41. The van der Waals surface area contributed by atoms with Crippen molar-refractivity contribution in [1.29, 1.82) is 5.26 Å². The van der Waals surface area contributed by atoms with Crippen LogP contribution in [0.3, 0.4) is 0 Å². The Bertz CT molecular complexity index is 615. The Labute approximate surface area is 122 Å². The van der Waals surface area contributed by atoms with Gasteiger partial charge in [0.2, 0.25) is 0 Å². The maximum atomic E-state index is 11.7. The average Bonchev–Trinajstić information content (AvgIpc) is 2.94. The molecule has 2 N–H and O–H groups in total. The van der Waals surface area contributed by atoms with E-state index in [4.69, 9.17) is 4.74 Å². The Balaban J connectivity index is 1.96. The van der Waals surface area contributed by atoms with Gasteiger partial charge in [-0.05, 0) is 30.9 Å². The number of carboxylic acid groups (broad SMARTS) is 1.